The van der Waals surface area contributed by atoms with Gasteiger partial charge >= 0.3 is 6.03 Å². The van der Waals surface area contributed by atoms with Gasteiger partial charge < -0.3 is 16.0 Å². The first-order chi connectivity index (χ1) is 12.6. The molecule has 1 unspecified atom stereocenters. The standard InChI is InChI=1S/C20H21N3O3/c1-2-3-13-21-19(26)23-20(14-9-5-4-6-10-14)17(24)15-11-7-8-12-16(15)22-18(20)25/h4-12H,2-3,13H2,1H3,(H,22,25)(H2,21,23,26). The second-order valence-corrected chi connectivity index (χ2v) is 6.18. The molecule has 2 aromatic carbocycles. The summed E-state index contributed by atoms with van der Waals surface area (Å²) in [5, 5.41) is 8.09. The van der Waals surface area contributed by atoms with E-state index in [1.165, 1.54) is 0 Å². The number of Topliss-reactive ketones (excluding diaryl/α,β-unsaturated/α-hetero) is 1. The van der Waals surface area contributed by atoms with E-state index >= 15 is 0 Å². The number of ketones is 1. The van der Waals surface area contributed by atoms with Crippen LogP contribution in [0.3, 0.4) is 0 Å². The average Bonchev–Trinajstić information content (AvgIpc) is 2.66. The van der Waals surface area contributed by atoms with Crippen LogP contribution in [-0.4, -0.2) is 24.3 Å². The molecule has 134 valence electrons. The first-order valence-electron chi connectivity index (χ1n) is 8.66. The van der Waals surface area contributed by atoms with Gasteiger partial charge in [-0.15, -0.1) is 0 Å². The lowest BCUT2D eigenvalue weighted by Gasteiger charge is -2.36. The Labute approximate surface area is 152 Å². The quantitative estimate of drug-likeness (QED) is 0.572. The summed E-state index contributed by atoms with van der Waals surface area (Å²) < 4.78 is 0. The first-order valence-corrected chi connectivity index (χ1v) is 8.66. The van der Waals surface area contributed by atoms with Gasteiger partial charge in [-0.05, 0) is 24.1 Å². The van der Waals surface area contributed by atoms with Gasteiger partial charge in [0.2, 0.25) is 11.3 Å². The van der Waals surface area contributed by atoms with Gasteiger partial charge in [0, 0.05) is 12.1 Å². The smallest absolute Gasteiger partial charge is 0.316 e. The molecule has 0 bridgehead atoms. The van der Waals surface area contributed by atoms with Crippen LogP contribution in [0.1, 0.15) is 35.7 Å². The lowest BCUT2D eigenvalue weighted by Crippen LogP contribution is -2.63. The van der Waals surface area contributed by atoms with Crippen molar-refractivity contribution in [1.82, 2.24) is 10.6 Å². The van der Waals surface area contributed by atoms with Gasteiger partial charge in [0.25, 0.3) is 5.91 Å². The second-order valence-electron chi connectivity index (χ2n) is 6.18. The fraction of sp³-hybridized carbons (Fsp3) is 0.250. The Morgan fingerprint density at radius 3 is 2.46 bits per heavy atom. The van der Waals surface area contributed by atoms with Crippen molar-refractivity contribution in [2.24, 2.45) is 0 Å². The van der Waals surface area contributed by atoms with Gasteiger partial charge in [0.1, 0.15) is 0 Å². The van der Waals surface area contributed by atoms with E-state index in [-0.39, 0.29) is 0 Å². The summed E-state index contributed by atoms with van der Waals surface area (Å²) in [5.74, 6) is -1.02. The maximum Gasteiger partial charge on any atom is 0.316 e. The maximum atomic E-state index is 13.3. The van der Waals surface area contributed by atoms with Crippen molar-refractivity contribution in [1.29, 1.82) is 0 Å². The largest absolute Gasteiger partial charge is 0.338 e. The molecule has 3 amide bonds. The average molecular weight is 351 g/mol. The summed E-state index contributed by atoms with van der Waals surface area (Å²) in [6, 6.07) is 14.8. The van der Waals surface area contributed by atoms with Crippen LogP contribution in [-0.2, 0) is 10.3 Å². The molecule has 0 aliphatic carbocycles. The molecule has 2 aromatic rings. The number of nitrogens with one attached hydrogen (secondary N) is 3. The Kier molecular flexibility index (Phi) is 5.02. The molecule has 0 fully saturated rings. The lowest BCUT2D eigenvalue weighted by atomic mass is 9.78. The van der Waals surface area contributed by atoms with Crippen molar-refractivity contribution >= 4 is 23.4 Å². The molecule has 0 saturated carbocycles. The van der Waals surface area contributed by atoms with Crippen LogP contribution < -0.4 is 16.0 Å². The van der Waals surface area contributed by atoms with Crippen molar-refractivity contribution in [3.63, 3.8) is 0 Å². The molecule has 0 spiro atoms. The Morgan fingerprint density at radius 2 is 1.73 bits per heavy atom. The highest BCUT2D eigenvalue weighted by atomic mass is 16.2. The van der Waals surface area contributed by atoms with Crippen LogP contribution in [0.4, 0.5) is 10.5 Å². The predicted molar refractivity (Wildman–Crippen MR) is 99.0 cm³/mol. The molecule has 6 nitrogen and oxygen atoms in total. The second kappa shape index (κ2) is 7.39. The van der Waals surface area contributed by atoms with Crippen LogP contribution in [0.25, 0.3) is 0 Å². The topological polar surface area (TPSA) is 87.3 Å². The van der Waals surface area contributed by atoms with Gasteiger partial charge in [-0.3, -0.25) is 9.59 Å². The Hall–Kier alpha value is -3.15. The van der Waals surface area contributed by atoms with E-state index < -0.39 is 23.3 Å². The van der Waals surface area contributed by atoms with Crippen molar-refractivity contribution in [2.45, 2.75) is 25.3 Å². The zero-order valence-corrected chi connectivity index (χ0v) is 14.5. The molecule has 1 aliphatic rings. The number of fused-ring (bicyclic) bond motifs is 1. The molecule has 3 rings (SSSR count). The molecule has 0 aromatic heterocycles. The number of para-hydroxylation sites is 1. The van der Waals surface area contributed by atoms with E-state index in [1.54, 1.807) is 54.6 Å². The SMILES string of the molecule is CCCCNC(=O)NC1(c2ccccc2)C(=O)Nc2ccccc2C1=O. The summed E-state index contributed by atoms with van der Waals surface area (Å²) in [5.41, 5.74) is -0.568. The van der Waals surface area contributed by atoms with Crippen molar-refractivity contribution in [2.75, 3.05) is 11.9 Å². The van der Waals surface area contributed by atoms with E-state index in [4.69, 9.17) is 0 Å². The summed E-state index contributed by atoms with van der Waals surface area (Å²) in [6.45, 7) is 2.49. The summed E-state index contributed by atoms with van der Waals surface area (Å²) in [4.78, 5) is 38.7. The Morgan fingerprint density at radius 1 is 1.04 bits per heavy atom. The highest BCUT2D eigenvalue weighted by Gasteiger charge is 2.52. The lowest BCUT2D eigenvalue weighted by molar-refractivity contribution is -0.120. The van der Waals surface area contributed by atoms with Crippen LogP contribution in [0.15, 0.2) is 54.6 Å². The molecular formula is C20H21N3O3. The third-order valence-corrected chi connectivity index (χ3v) is 4.42. The zero-order valence-electron chi connectivity index (χ0n) is 14.5. The molecular weight excluding hydrogens is 330 g/mol. The van der Waals surface area contributed by atoms with Crippen LogP contribution in [0.2, 0.25) is 0 Å². The van der Waals surface area contributed by atoms with Gasteiger partial charge in [-0.25, -0.2) is 4.79 Å². The third kappa shape index (κ3) is 3.06. The van der Waals surface area contributed by atoms with Crippen LogP contribution >= 0.6 is 0 Å². The number of hydrogen-bond acceptors (Lipinski definition) is 3. The van der Waals surface area contributed by atoms with Crippen molar-refractivity contribution in [3.8, 4) is 0 Å². The maximum absolute atomic E-state index is 13.3. The van der Waals surface area contributed by atoms with E-state index in [0.29, 0.717) is 23.4 Å². The number of anilines is 1. The number of carbonyl (C=O) groups excluding carboxylic acids is 3. The number of unbranched alkanes of at least 4 members (excludes halogenated alkanes) is 1. The summed E-state index contributed by atoms with van der Waals surface area (Å²) >= 11 is 0. The van der Waals surface area contributed by atoms with E-state index in [2.05, 4.69) is 16.0 Å². The molecule has 1 aliphatic heterocycles. The van der Waals surface area contributed by atoms with Gasteiger partial charge in [-0.1, -0.05) is 55.8 Å². The van der Waals surface area contributed by atoms with Crippen molar-refractivity contribution < 1.29 is 14.4 Å². The van der Waals surface area contributed by atoms with Gasteiger partial charge in [0.05, 0.1) is 5.69 Å². The van der Waals surface area contributed by atoms with E-state index in [1.807, 2.05) is 6.92 Å². The minimum absolute atomic E-state index is 0.366. The number of amides is 3. The predicted octanol–water partition coefficient (Wildman–Crippen LogP) is 2.82. The number of urea groups is 1. The number of benzene rings is 2. The minimum atomic E-state index is -1.80. The van der Waals surface area contributed by atoms with Crippen molar-refractivity contribution in [3.05, 3.63) is 65.7 Å². The fourth-order valence-electron chi connectivity index (χ4n) is 3.04. The highest BCUT2D eigenvalue weighted by molar-refractivity contribution is 6.28. The molecule has 0 radical (unpaired) electrons. The Bertz CT molecular complexity index is 835. The first kappa shape index (κ1) is 17.7. The summed E-state index contributed by atoms with van der Waals surface area (Å²) in [7, 11) is 0. The third-order valence-electron chi connectivity index (χ3n) is 4.42. The minimum Gasteiger partial charge on any atom is -0.338 e. The highest BCUT2D eigenvalue weighted by Crippen LogP contribution is 2.34. The van der Waals surface area contributed by atoms with E-state index in [0.717, 1.165) is 12.8 Å². The zero-order chi connectivity index (χ0) is 18.6. The molecule has 1 heterocycles. The molecule has 0 saturated heterocycles. The summed E-state index contributed by atoms with van der Waals surface area (Å²) in [6.07, 6.45) is 1.74. The number of hydrogen-bond donors (Lipinski definition) is 3. The molecule has 26 heavy (non-hydrogen) atoms. The number of carbonyl (C=O) groups is 3. The fourth-order valence-corrected chi connectivity index (χ4v) is 3.04. The molecule has 1 atom stereocenters. The normalized spacial score (nSPS) is 18.7. The molecule has 3 N–H and O–H groups in total. The van der Waals surface area contributed by atoms with Gasteiger partial charge in [-0.2, -0.15) is 0 Å². The van der Waals surface area contributed by atoms with Gasteiger partial charge in [0.15, 0.2) is 0 Å². The van der Waals surface area contributed by atoms with Crippen LogP contribution in [0.5, 0.6) is 0 Å². The number of rotatable bonds is 5. The monoisotopic (exact) mass is 351 g/mol. The Balaban J connectivity index is 2.03. The van der Waals surface area contributed by atoms with E-state index in [9.17, 15) is 14.4 Å². The van der Waals surface area contributed by atoms with Crippen LogP contribution in [0, 0.1) is 0 Å². The molecule has 6 heteroatoms.